The summed E-state index contributed by atoms with van der Waals surface area (Å²) in [7, 11) is 0. The summed E-state index contributed by atoms with van der Waals surface area (Å²) in [6.45, 7) is 2.03. The van der Waals surface area contributed by atoms with Crippen LogP contribution in [0, 0.1) is 6.92 Å². The Balaban J connectivity index is 1.80. The lowest BCUT2D eigenvalue weighted by atomic mass is 9.97. The lowest BCUT2D eigenvalue weighted by Crippen LogP contribution is -2.14. The molecule has 2 aromatic heterocycles. The lowest BCUT2D eigenvalue weighted by Gasteiger charge is -2.22. The molecule has 0 aliphatic rings. The van der Waals surface area contributed by atoms with Crippen molar-refractivity contribution in [1.29, 1.82) is 0 Å². The van der Waals surface area contributed by atoms with Crippen molar-refractivity contribution in [3.8, 4) is 0 Å². The molecule has 4 heteroatoms. The summed E-state index contributed by atoms with van der Waals surface area (Å²) >= 11 is 6.50. The number of nitrogens with one attached hydrogen (secondary N) is 1. The number of hydrogen-bond donors (Lipinski definition) is 1. The maximum Gasteiger partial charge on any atom is 0.126 e. The first-order valence-electron chi connectivity index (χ1n) is 8.49. The molecule has 2 heterocycles. The monoisotopic (exact) mass is 359 g/mol. The van der Waals surface area contributed by atoms with Crippen LogP contribution in [0.25, 0.3) is 10.9 Å². The zero-order valence-electron chi connectivity index (χ0n) is 14.4. The first-order valence-corrected chi connectivity index (χ1v) is 8.87. The minimum absolute atomic E-state index is 0.120. The molecular weight excluding hydrogens is 342 g/mol. The summed E-state index contributed by atoms with van der Waals surface area (Å²) < 4.78 is 0. The zero-order valence-corrected chi connectivity index (χ0v) is 15.1. The molecule has 0 bridgehead atoms. The molecular formula is C22H18ClN3. The highest BCUT2D eigenvalue weighted by molar-refractivity contribution is 6.31. The van der Waals surface area contributed by atoms with E-state index in [9.17, 15) is 0 Å². The summed E-state index contributed by atoms with van der Waals surface area (Å²) in [6.07, 6.45) is 3.67. The van der Waals surface area contributed by atoms with Crippen LogP contribution < -0.4 is 5.32 Å². The quantitative estimate of drug-likeness (QED) is 0.501. The Bertz CT molecular complexity index is 1040. The average molecular weight is 360 g/mol. The summed E-state index contributed by atoms with van der Waals surface area (Å²) in [5.41, 5.74) is 4.18. The number of rotatable bonds is 4. The molecule has 1 N–H and O–H groups in total. The molecule has 0 saturated carbocycles. The molecule has 0 aliphatic carbocycles. The van der Waals surface area contributed by atoms with E-state index in [4.69, 9.17) is 11.6 Å². The van der Waals surface area contributed by atoms with E-state index < -0.39 is 0 Å². The predicted molar refractivity (Wildman–Crippen MR) is 108 cm³/mol. The van der Waals surface area contributed by atoms with E-state index in [0.717, 1.165) is 38.4 Å². The standard InChI is InChI=1S/C22H18ClN3/c1-15-8-11-21(25-14-15)26-22(18-6-2-3-7-19(18)23)17-10-9-16-5-4-12-24-20(16)13-17/h2-14,22H,1H3,(H,25,26). The van der Waals surface area contributed by atoms with Gasteiger partial charge in [0.1, 0.15) is 5.82 Å². The van der Waals surface area contributed by atoms with Crippen LogP contribution in [0.15, 0.2) is 79.1 Å². The highest BCUT2D eigenvalue weighted by atomic mass is 35.5. The van der Waals surface area contributed by atoms with Crippen molar-refractivity contribution >= 4 is 28.3 Å². The van der Waals surface area contributed by atoms with E-state index in [1.54, 1.807) is 0 Å². The average Bonchev–Trinajstić information content (AvgIpc) is 2.68. The first kappa shape index (κ1) is 16.6. The van der Waals surface area contributed by atoms with Crippen molar-refractivity contribution in [2.24, 2.45) is 0 Å². The minimum atomic E-state index is -0.120. The number of fused-ring (bicyclic) bond motifs is 1. The predicted octanol–water partition coefficient (Wildman–Crippen LogP) is 5.79. The highest BCUT2D eigenvalue weighted by Crippen LogP contribution is 2.32. The van der Waals surface area contributed by atoms with Gasteiger partial charge in [-0.05, 0) is 47.9 Å². The summed E-state index contributed by atoms with van der Waals surface area (Å²) in [4.78, 5) is 8.97. The maximum absolute atomic E-state index is 6.50. The Morgan fingerprint density at radius 3 is 2.62 bits per heavy atom. The SMILES string of the molecule is Cc1ccc(NC(c2ccc3cccnc3c2)c2ccccc2Cl)nc1. The largest absolute Gasteiger partial charge is 0.359 e. The van der Waals surface area contributed by atoms with Gasteiger partial charge in [-0.3, -0.25) is 4.98 Å². The van der Waals surface area contributed by atoms with Gasteiger partial charge < -0.3 is 5.32 Å². The van der Waals surface area contributed by atoms with Gasteiger partial charge in [-0.2, -0.15) is 0 Å². The van der Waals surface area contributed by atoms with E-state index in [2.05, 4.69) is 39.6 Å². The molecule has 0 fully saturated rings. The second-order valence-electron chi connectivity index (χ2n) is 6.28. The molecule has 0 aliphatic heterocycles. The van der Waals surface area contributed by atoms with Gasteiger partial charge in [-0.1, -0.05) is 54.1 Å². The number of hydrogen-bond acceptors (Lipinski definition) is 3. The van der Waals surface area contributed by atoms with Crippen LogP contribution >= 0.6 is 11.6 Å². The fraction of sp³-hybridized carbons (Fsp3) is 0.0909. The number of aromatic nitrogens is 2. The zero-order chi connectivity index (χ0) is 17.9. The molecule has 3 nitrogen and oxygen atoms in total. The number of aryl methyl sites for hydroxylation is 1. The van der Waals surface area contributed by atoms with Crippen molar-refractivity contribution in [2.75, 3.05) is 5.32 Å². The number of anilines is 1. The van der Waals surface area contributed by atoms with Crippen LogP contribution in [0.3, 0.4) is 0 Å². The second kappa shape index (κ2) is 7.14. The van der Waals surface area contributed by atoms with Gasteiger partial charge in [-0.15, -0.1) is 0 Å². The molecule has 1 unspecified atom stereocenters. The van der Waals surface area contributed by atoms with Crippen molar-refractivity contribution in [2.45, 2.75) is 13.0 Å². The van der Waals surface area contributed by atoms with Crippen LogP contribution in [0.2, 0.25) is 5.02 Å². The molecule has 26 heavy (non-hydrogen) atoms. The summed E-state index contributed by atoms with van der Waals surface area (Å²) in [6, 6.07) is 22.1. The van der Waals surface area contributed by atoms with Crippen LogP contribution in [-0.4, -0.2) is 9.97 Å². The van der Waals surface area contributed by atoms with Gasteiger partial charge in [0.05, 0.1) is 11.6 Å². The lowest BCUT2D eigenvalue weighted by molar-refractivity contribution is 0.927. The van der Waals surface area contributed by atoms with Crippen LogP contribution in [0.5, 0.6) is 0 Å². The van der Waals surface area contributed by atoms with Gasteiger partial charge >= 0.3 is 0 Å². The van der Waals surface area contributed by atoms with E-state index in [1.165, 1.54) is 0 Å². The van der Waals surface area contributed by atoms with Gasteiger partial charge in [0.15, 0.2) is 0 Å². The molecule has 1 atom stereocenters. The third-order valence-electron chi connectivity index (χ3n) is 4.38. The molecule has 0 spiro atoms. The van der Waals surface area contributed by atoms with E-state index in [1.807, 2.05) is 61.8 Å². The van der Waals surface area contributed by atoms with Gasteiger partial charge in [-0.25, -0.2) is 4.98 Å². The third-order valence-corrected chi connectivity index (χ3v) is 4.73. The summed E-state index contributed by atoms with van der Waals surface area (Å²) in [5.74, 6) is 0.807. The summed E-state index contributed by atoms with van der Waals surface area (Å²) in [5, 5.41) is 5.36. The number of halogens is 1. The Labute approximate surface area is 157 Å². The maximum atomic E-state index is 6.50. The van der Waals surface area contributed by atoms with Crippen molar-refractivity contribution in [3.05, 3.63) is 101 Å². The Hall–Kier alpha value is -2.91. The number of pyridine rings is 2. The Morgan fingerprint density at radius 1 is 0.923 bits per heavy atom. The molecule has 128 valence electrons. The normalized spacial score (nSPS) is 12.1. The topological polar surface area (TPSA) is 37.8 Å². The molecule has 4 rings (SSSR count). The fourth-order valence-electron chi connectivity index (χ4n) is 3.01. The van der Waals surface area contributed by atoms with Crippen LogP contribution in [0.4, 0.5) is 5.82 Å². The molecule has 0 saturated heterocycles. The van der Waals surface area contributed by atoms with Gasteiger partial charge in [0.25, 0.3) is 0 Å². The molecule has 0 radical (unpaired) electrons. The molecule has 0 amide bonds. The Kier molecular flexibility index (Phi) is 4.55. The second-order valence-corrected chi connectivity index (χ2v) is 6.68. The van der Waals surface area contributed by atoms with E-state index in [-0.39, 0.29) is 6.04 Å². The van der Waals surface area contributed by atoms with Crippen LogP contribution in [-0.2, 0) is 0 Å². The number of nitrogens with zero attached hydrogens (tertiary/aromatic N) is 2. The highest BCUT2D eigenvalue weighted by Gasteiger charge is 2.18. The van der Waals surface area contributed by atoms with Crippen LogP contribution in [0.1, 0.15) is 22.7 Å². The third kappa shape index (κ3) is 3.39. The van der Waals surface area contributed by atoms with E-state index >= 15 is 0 Å². The van der Waals surface area contributed by atoms with Gasteiger partial charge in [0, 0.05) is 22.8 Å². The van der Waals surface area contributed by atoms with Crippen molar-refractivity contribution in [1.82, 2.24) is 9.97 Å². The van der Waals surface area contributed by atoms with Crippen molar-refractivity contribution in [3.63, 3.8) is 0 Å². The smallest absolute Gasteiger partial charge is 0.126 e. The van der Waals surface area contributed by atoms with Gasteiger partial charge in [0.2, 0.25) is 0 Å². The fourth-order valence-corrected chi connectivity index (χ4v) is 3.26. The number of benzene rings is 2. The van der Waals surface area contributed by atoms with Crippen molar-refractivity contribution < 1.29 is 0 Å². The Morgan fingerprint density at radius 2 is 1.81 bits per heavy atom. The molecule has 4 aromatic rings. The first-order chi connectivity index (χ1) is 12.7. The minimum Gasteiger partial charge on any atom is -0.359 e. The molecule has 2 aromatic carbocycles. The van der Waals surface area contributed by atoms with E-state index in [0.29, 0.717) is 0 Å².